The maximum atomic E-state index is 13.1. The van der Waals surface area contributed by atoms with Crippen LogP contribution in [0, 0.1) is 6.92 Å². The zero-order valence-electron chi connectivity index (χ0n) is 13.7. The molecule has 3 aromatic rings. The molecule has 1 aromatic heterocycles. The predicted molar refractivity (Wildman–Crippen MR) is 96.5 cm³/mol. The first-order chi connectivity index (χ1) is 12.3. The highest BCUT2D eigenvalue weighted by atomic mass is 32.2. The molecule has 0 bridgehead atoms. The second-order valence-corrected chi connectivity index (χ2v) is 6.59. The average Bonchev–Trinajstić information content (AvgIpc) is 2.60. The van der Waals surface area contributed by atoms with Gasteiger partial charge in [0, 0.05) is 4.90 Å². The van der Waals surface area contributed by atoms with Crippen LogP contribution in [0.5, 0.6) is 0 Å². The van der Waals surface area contributed by atoms with Crippen molar-refractivity contribution < 1.29 is 13.2 Å². The predicted octanol–water partition coefficient (Wildman–Crippen LogP) is 5.28. The number of rotatable bonds is 4. The summed E-state index contributed by atoms with van der Waals surface area (Å²) in [7, 11) is 0. The summed E-state index contributed by atoms with van der Waals surface area (Å²) in [6.07, 6.45) is -3.21. The number of aryl methyl sites for hydroxylation is 1. The summed E-state index contributed by atoms with van der Waals surface area (Å²) in [4.78, 5) is 9.04. The number of nitrogens with two attached hydrogens (primary N) is 1. The third kappa shape index (κ3) is 4.08. The van der Waals surface area contributed by atoms with E-state index in [0.29, 0.717) is 5.03 Å². The number of nitrogens with one attached hydrogen (secondary N) is 1. The standard InChI is InChI=1S/C18H15F3N4S/c1-11-6-8-12(9-7-11)26-17-15(22)16(23-10-24-17)25-14-5-3-2-4-13(14)18(19,20)21/h2-10H,22H2,1H3,(H,23,24,25). The number of halogens is 3. The molecule has 0 unspecified atom stereocenters. The van der Waals surface area contributed by atoms with Gasteiger partial charge in [0.25, 0.3) is 0 Å². The van der Waals surface area contributed by atoms with Crippen LogP contribution in [0.2, 0.25) is 0 Å². The van der Waals surface area contributed by atoms with Gasteiger partial charge in [0.15, 0.2) is 5.82 Å². The van der Waals surface area contributed by atoms with Crippen molar-refractivity contribution in [3.63, 3.8) is 0 Å². The molecule has 0 fully saturated rings. The van der Waals surface area contributed by atoms with E-state index >= 15 is 0 Å². The Morgan fingerprint density at radius 1 is 1.00 bits per heavy atom. The summed E-state index contributed by atoms with van der Waals surface area (Å²) < 4.78 is 39.4. The molecule has 1 heterocycles. The SMILES string of the molecule is Cc1ccc(Sc2ncnc(Nc3ccccc3C(F)(F)F)c2N)cc1. The van der Waals surface area contributed by atoms with Crippen LogP contribution in [-0.2, 0) is 6.18 Å². The number of hydrogen-bond donors (Lipinski definition) is 2. The van der Waals surface area contributed by atoms with E-state index in [1.165, 1.54) is 36.3 Å². The van der Waals surface area contributed by atoms with Gasteiger partial charge in [0.1, 0.15) is 17.0 Å². The number of aromatic nitrogens is 2. The van der Waals surface area contributed by atoms with Crippen LogP contribution >= 0.6 is 11.8 Å². The van der Waals surface area contributed by atoms with E-state index in [4.69, 9.17) is 5.73 Å². The average molecular weight is 376 g/mol. The number of para-hydroxylation sites is 1. The molecule has 26 heavy (non-hydrogen) atoms. The van der Waals surface area contributed by atoms with Crippen molar-refractivity contribution in [1.29, 1.82) is 0 Å². The van der Waals surface area contributed by atoms with Gasteiger partial charge in [-0.3, -0.25) is 0 Å². The minimum atomic E-state index is -4.48. The molecule has 8 heteroatoms. The quantitative estimate of drug-likeness (QED) is 0.607. The molecule has 0 spiro atoms. The fourth-order valence-electron chi connectivity index (χ4n) is 2.25. The summed E-state index contributed by atoms with van der Waals surface area (Å²) in [5, 5.41) is 3.14. The maximum absolute atomic E-state index is 13.1. The molecule has 0 saturated heterocycles. The van der Waals surface area contributed by atoms with E-state index in [1.807, 2.05) is 31.2 Å². The zero-order chi connectivity index (χ0) is 18.7. The molecule has 2 aromatic carbocycles. The molecule has 0 atom stereocenters. The number of benzene rings is 2. The fourth-order valence-corrected chi connectivity index (χ4v) is 3.05. The van der Waals surface area contributed by atoms with Gasteiger partial charge >= 0.3 is 6.18 Å². The molecule has 134 valence electrons. The second kappa shape index (κ2) is 7.25. The Balaban J connectivity index is 1.90. The summed E-state index contributed by atoms with van der Waals surface area (Å²) in [6, 6.07) is 12.9. The van der Waals surface area contributed by atoms with Crippen molar-refractivity contribution in [2.45, 2.75) is 23.0 Å². The summed E-state index contributed by atoms with van der Waals surface area (Å²) in [5.74, 6) is 0.131. The van der Waals surface area contributed by atoms with Gasteiger partial charge in [-0.1, -0.05) is 41.6 Å². The van der Waals surface area contributed by atoms with Gasteiger partial charge in [0.2, 0.25) is 0 Å². The summed E-state index contributed by atoms with van der Waals surface area (Å²) >= 11 is 1.32. The van der Waals surface area contributed by atoms with E-state index in [1.54, 1.807) is 0 Å². The van der Waals surface area contributed by atoms with Gasteiger partial charge < -0.3 is 11.1 Å². The van der Waals surface area contributed by atoms with Gasteiger partial charge in [-0.05, 0) is 31.2 Å². The Morgan fingerprint density at radius 3 is 2.38 bits per heavy atom. The molecule has 3 rings (SSSR count). The highest BCUT2D eigenvalue weighted by molar-refractivity contribution is 7.99. The molecule has 0 aliphatic carbocycles. The Hall–Kier alpha value is -2.74. The first-order valence-corrected chi connectivity index (χ1v) is 8.44. The van der Waals surface area contributed by atoms with Gasteiger partial charge in [-0.15, -0.1) is 0 Å². The lowest BCUT2D eigenvalue weighted by Crippen LogP contribution is -2.10. The Kier molecular flexibility index (Phi) is 5.03. The number of hydrogen-bond acceptors (Lipinski definition) is 5. The Labute approximate surface area is 152 Å². The van der Waals surface area contributed by atoms with Crippen molar-refractivity contribution in [2.24, 2.45) is 0 Å². The van der Waals surface area contributed by atoms with Crippen molar-refractivity contribution in [3.8, 4) is 0 Å². The van der Waals surface area contributed by atoms with E-state index in [9.17, 15) is 13.2 Å². The molecule has 0 saturated carbocycles. The second-order valence-electron chi connectivity index (χ2n) is 5.52. The topological polar surface area (TPSA) is 63.8 Å². The normalized spacial score (nSPS) is 11.4. The van der Waals surface area contributed by atoms with Crippen LogP contribution in [0.4, 0.5) is 30.4 Å². The van der Waals surface area contributed by atoms with E-state index < -0.39 is 11.7 Å². The van der Waals surface area contributed by atoms with Crippen LogP contribution in [-0.4, -0.2) is 9.97 Å². The van der Waals surface area contributed by atoms with Gasteiger partial charge in [-0.2, -0.15) is 13.2 Å². The zero-order valence-corrected chi connectivity index (χ0v) is 14.5. The third-order valence-corrected chi connectivity index (χ3v) is 4.59. The minimum absolute atomic E-state index is 0.114. The van der Waals surface area contributed by atoms with Crippen molar-refractivity contribution in [3.05, 3.63) is 66.0 Å². The lowest BCUT2D eigenvalue weighted by molar-refractivity contribution is -0.136. The largest absolute Gasteiger partial charge is 0.418 e. The van der Waals surface area contributed by atoms with Crippen molar-refractivity contribution in [1.82, 2.24) is 9.97 Å². The summed E-state index contributed by atoms with van der Waals surface area (Å²) in [6.45, 7) is 1.98. The van der Waals surface area contributed by atoms with Crippen LogP contribution < -0.4 is 11.1 Å². The highest BCUT2D eigenvalue weighted by Gasteiger charge is 2.33. The maximum Gasteiger partial charge on any atom is 0.418 e. The van der Waals surface area contributed by atoms with Gasteiger partial charge in [-0.25, -0.2) is 9.97 Å². The monoisotopic (exact) mass is 376 g/mol. The molecule has 0 aliphatic rings. The van der Waals surface area contributed by atoms with E-state index in [2.05, 4.69) is 15.3 Å². The number of anilines is 3. The number of nitrogen functional groups attached to an aromatic ring is 1. The minimum Gasteiger partial charge on any atom is -0.394 e. The molecule has 4 nitrogen and oxygen atoms in total. The fraction of sp³-hybridized carbons (Fsp3) is 0.111. The lowest BCUT2D eigenvalue weighted by atomic mass is 10.1. The molecule has 3 N–H and O–H groups in total. The smallest absolute Gasteiger partial charge is 0.394 e. The Morgan fingerprint density at radius 2 is 1.69 bits per heavy atom. The first-order valence-electron chi connectivity index (χ1n) is 7.63. The first kappa shape index (κ1) is 18.1. The van der Waals surface area contributed by atoms with Crippen LogP contribution in [0.1, 0.15) is 11.1 Å². The van der Waals surface area contributed by atoms with E-state index in [0.717, 1.165) is 16.5 Å². The third-order valence-electron chi connectivity index (χ3n) is 3.57. The molecule has 0 radical (unpaired) electrons. The number of nitrogens with zero attached hydrogens (tertiary/aromatic N) is 2. The highest BCUT2D eigenvalue weighted by Crippen LogP contribution is 2.38. The van der Waals surface area contributed by atoms with Crippen molar-refractivity contribution >= 4 is 29.0 Å². The molecule has 0 aliphatic heterocycles. The summed E-state index contributed by atoms with van der Waals surface area (Å²) in [5.41, 5.74) is 6.49. The lowest BCUT2D eigenvalue weighted by Gasteiger charge is -2.15. The van der Waals surface area contributed by atoms with Crippen LogP contribution in [0.25, 0.3) is 0 Å². The molecular formula is C18H15F3N4S. The van der Waals surface area contributed by atoms with Crippen LogP contribution in [0.3, 0.4) is 0 Å². The molecule has 0 amide bonds. The van der Waals surface area contributed by atoms with Crippen LogP contribution in [0.15, 0.2) is 64.8 Å². The Bertz CT molecular complexity index is 911. The van der Waals surface area contributed by atoms with E-state index in [-0.39, 0.29) is 17.2 Å². The van der Waals surface area contributed by atoms with Gasteiger partial charge in [0.05, 0.1) is 11.3 Å². The van der Waals surface area contributed by atoms with Crippen molar-refractivity contribution in [2.75, 3.05) is 11.1 Å². The molecular weight excluding hydrogens is 361 g/mol. The number of alkyl halides is 3.